The van der Waals surface area contributed by atoms with Crippen LogP contribution >= 0.6 is 0 Å². The van der Waals surface area contributed by atoms with Gasteiger partial charge in [-0.1, -0.05) is 13.8 Å². The molecule has 2 aromatic rings. The van der Waals surface area contributed by atoms with Gasteiger partial charge in [-0.2, -0.15) is 0 Å². The molecule has 6 nitrogen and oxygen atoms in total. The summed E-state index contributed by atoms with van der Waals surface area (Å²) in [5, 5.41) is 9.71. The molecule has 1 heterocycles. The first kappa shape index (κ1) is 15.2. The lowest BCUT2D eigenvalue weighted by Gasteiger charge is -2.18. The number of carboxylic acids is 1. The van der Waals surface area contributed by atoms with Crippen LogP contribution in [-0.2, 0) is 0 Å². The minimum atomic E-state index is -0.973. The number of ether oxygens (including phenoxy) is 1. The van der Waals surface area contributed by atoms with Crippen LogP contribution in [0.3, 0.4) is 0 Å². The number of nitrogens with zero attached hydrogens (tertiary/aromatic N) is 3. The van der Waals surface area contributed by atoms with Gasteiger partial charge in [-0.05, 0) is 31.3 Å². The van der Waals surface area contributed by atoms with Gasteiger partial charge in [0.25, 0.3) is 0 Å². The molecule has 112 valence electrons. The summed E-state index contributed by atoms with van der Waals surface area (Å²) in [5.74, 6) is -0.483. The second-order valence-electron chi connectivity index (χ2n) is 4.59. The van der Waals surface area contributed by atoms with Crippen LogP contribution in [0.4, 0.5) is 0 Å². The van der Waals surface area contributed by atoms with Crippen LogP contribution in [0.15, 0.2) is 24.5 Å². The van der Waals surface area contributed by atoms with Gasteiger partial charge in [0.15, 0.2) is 0 Å². The van der Waals surface area contributed by atoms with E-state index in [1.54, 1.807) is 6.07 Å². The summed E-state index contributed by atoms with van der Waals surface area (Å²) in [5.41, 5.74) is 0.776. The maximum Gasteiger partial charge on any atom is 0.335 e. The fraction of sp³-hybridized carbons (Fsp3) is 0.400. The normalized spacial score (nSPS) is 11.0. The van der Waals surface area contributed by atoms with E-state index in [2.05, 4.69) is 28.7 Å². The van der Waals surface area contributed by atoms with Crippen molar-refractivity contribution in [2.45, 2.75) is 13.8 Å². The van der Waals surface area contributed by atoms with Gasteiger partial charge in [0, 0.05) is 6.54 Å². The molecule has 0 unspecified atom stereocenters. The number of rotatable bonds is 7. The van der Waals surface area contributed by atoms with E-state index in [-0.39, 0.29) is 5.56 Å². The molecule has 0 saturated carbocycles. The van der Waals surface area contributed by atoms with E-state index in [9.17, 15) is 4.79 Å². The summed E-state index contributed by atoms with van der Waals surface area (Å²) in [6.45, 7) is 7.53. The second kappa shape index (κ2) is 6.99. The third kappa shape index (κ3) is 3.66. The Morgan fingerprint density at radius 2 is 2.05 bits per heavy atom. The number of fused-ring (bicyclic) bond motifs is 1. The fourth-order valence-electron chi connectivity index (χ4n) is 2.09. The van der Waals surface area contributed by atoms with Crippen LogP contribution in [-0.4, -0.2) is 52.2 Å². The highest BCUT2D eigenvalue weighted by atomic mass is 16.5. The smallest absolute Gasteiger partial charge is 0.335 e. The Labute approximate surface area is 123 Å². The number of carboxylic acid groups (broad SMARTS) is 1. The van der Waals surface area contributed by atoms with Gasteiger partial charge in [-0.15, -0.1) is 0 Å². The van der Waals surface area contributed by atoms with Gasteiger partial charge in [-0.3, -0.25) is 0 Å². The first-order chi connectivity index (χ1) is 10.2. The summed E-state index contributed by atoms with van der Waals surface area (Å²) < 4.78 is 5.71. The molecule has 0 atom stereocenters. The lowest BCUT2D eigenvalue weighted by Crippen LogP contribution is -2.28. The van der Waals surface area contributed by atoms with E-state index in [0.29, 0.717) is 18.0 Å². The largest absolute Gasteiger partial charge is 0.478 e. The number of aromatic nitrogens is 2. The third-order valence-corrected chi connectivity index (χ3v) is 3.39. The van der Waals surface area contributed by atoms with Crippen LogP contribution in [0.25, 0.3) is 10.9 Å². The first-order valence-corrected chi connectivity index (χ1v) is 6.99. The standard InChI is InChI=1S/C15H19N3O3/c1-3-18(4-2)7-8-21-14-12-6-5-11(15(19)20)9-13(12)16-10-17-14/h5-6,9-10H,3-4,7-8H2,1-2H3,(H,19,20). The van der Waals surface area contributed by atoms with E-state index in [0.717, 1.165) is 25.0 Å². The molecule has 1 aromatic heterocycles. The molecule has 1 aromatic carbocycles. The number of hydrogen-bond donors (Lipinski definition) is 1. The van der Waals surface area contributed by atoms with E-state index in [1.807, 2.05) is 0 Å². The Morgan fingerprint density at radius 3 is 2.71 bits per heavy atom. The number of carbonyl (C=O) groups is 1. The predicted molar refractivity (Wildman–Crippen MR) is 79.8 cm³/mol. The van der Waals surface area contributed by atoms with Crippen molar-refractivity contribution >= 4 is 16.9 Å². The monoisotopic (exact) mass is 289 g/mol. The van der Waals surface area contributed by atoms with E-state index in [1.165, 1.54) is 18.5 Å². The average Bonchev–Trinajstić information content (AvgIpc) is 2.51. The summed E-state index contributed by atoms with van der Waals surface area (Å²) in [4.78, 5) is 21.4. The minimum absolute atomic E-state index is 0.204. The van der Waals surface area contributed by atoms with Gasteiger partial charge >= 0.3 is 5.97 Å². The molecule has 0 saturated heterocycles. The predicted octanol–water partition coefficient (Wildman–Crippen LogP) is 2.05. The SMILES string of the molecule is CCN(CC)CCOc1ncnc2cc(C(=O)O)ccc12. The summed E-state index contributed by atoms with van der Waals surface area (Å²) in [7, 11) is 0. The number of likely N-dealkylation sites (N-methyl/N-ethyl adjacent to an activating group) is 1. The molecule has 0 aliphatic rings. The highest BCUT2D eigenvalue weighted by molar-refractivity contribution is 5.94. The van der Waals surface area contributed by atoms with Gasteiger partial charge in [0.2, 0.25) is 5.88 Å². The molecule has 0 aliphatic carbocycles. The maximum absolute atomic E-state index is 11.0. The lowest BCUT2D eigenvalue weighted by molar-refractivity contribution is 0.0697. The Kier molecular flexibility index (Phi) is 5.05. The molecule has 2 rings (SSSR count). The van der Waals surface area contributed by atoms with Crippen molar-refractivity contribution in [3.8, 4) is 5.88 Å². The Bertz CT molecular complexity index is 627. The van der Waals surface area contributed by atoms with Crippen molar-refractivity contribution in [1.29, 1.82) is 0 Å². The molecule has 1 N–H and O–H groups in total. The van der Waals surface area contributed by atoms with Crippen molar-refractivity contribution < 1.29 is 14.6 Å². The molecule has 0 aliphatic heterocycles. The molecular formula is C15H19N3O3. The minimum Gasteiger partial charge on any atom is -0.478 e. The van der Waals surface area contributed by atoms with Crippen molar-refractivity contribution in [1.82, 2.24) is 14.9 Å². The summed E-state index contributed by atoms with van der Waals surface area (Å²) in [6, 6.07) is 4.74. The molecule has 21 heavy (non-hydrogen) atoms. The Morgan fingerprint density at radius 1 is 1.29 bits per heavy atom. The van der Waals surface area contributed by atoms with Crippen LogP contribution in [0.1, 0.15) is 24.2 Å². The van der Waals surface area contributed by atoms with Crippen molar-refractivity contribution in [2.24, 2.45) is 0 Å². The van der Waals surface area contributed by atoms with E-state index in [4.69, 9.17) is 9.84 Å². The Balaban J connectivity index is 2.15. The number of aromatic carboxylic acids is 1. The van der Waals surface area contributed by atoms with Gasteiger partial charge in [0.1, 0.15) is 12.9 Å². The van der Waals surface area contributed by atoms with Gasteiger partial charge < -0.3 is 14.7 Å². The molecule has 0 fully saturated rings. The van der Waals surface area contributed by atoms with Crippen LogP contribution in [0.2, 0.25) is 0 Å². The quantitative estimate of drug-likeness (QED) is 0.840. The molecule has 0 bridgehead atoms. The molecule has 0 spiro atoms. The maximum atomic E-state index is 11.0. The molecular weight excluding hydrogens is 270 g/mol. The fourth-order valence-corrected chi connectivity index (χ4v) is 2.09. The van der Waals surface area contributed by atoms with Crippen LogP contribution in [0.5, 0.6) is 5.88 Å². The van der Waals surface area contributed by atoms with Crippen molar-refractivity contribution in [3.05, 3.63) is 30.1 Å². The molecule has 6 heteroatoms. The number of benzene rings is 1. The first-order valence-electron chi connectivity index (χ1n) is 6.99. The van der Waals surface area contributed by atoms with Crippen LogP contribution in [0, 0.1) is 0 Å². The van der Waals surface area contributed by atoms with Crippen molar-refractivity contribution in [3.63, 3.8) is 0 Å². The third-order valence-electron chi connectivity index (χ3n) is 3.39. The average molecular weight is 289 g/mol. The molecule has 0 radical (unpaired) electrons. The molecule has 0 amide bonds. The Hall–Kier alpha value is -2.21. The van der Waals surface area contributed by atoms with Gasteiger partial charge in [0.05, 0.1) is 16.5 Å². The lowest BCUT2D eigenvalue weighted by atomic mass is 10.1. The highest BCUT2D eigenvalue weighted by Gasteiger charge is 2.09. The summed E-state index contributed by atoms with van der Waals surface area (Å²) in [6.07, 6.45) is 1.39. The highest BCUT2D eigenvalue weighted by Crippen LogP contribution is 2.22. The zero-order valence-electron chi connectivity index (χ0n) is 12.2. The van der Waals surface area contributed by atoms with Crippen molar-refractivity contribution in [2.75, 3.05) is 26.2 Å². The zero-order valence-corrected chi connectivity index (χ0v) is 12.2. The summed E-state index contributed by atoms with van der Waals surface area (Å²) >= 11 is 0. The number of hydrogen-bond acceptors (Lipinski definition) is 5. The second-order valence-corrected chi connectivity index (χ2v) is 4.59. The van der Waals surface area contributed by atoms with E-state index < -0.39 is 5.97 Å². The topological polar surface area (TPSA) is 75.5 Å². The van der Waals surface area contributed by atoms with E-state index >= 15 is 0 Å². The van der Waals surface area contributed by atoms with Crippen LogP contribution < -0.4 is 4.74 Å². The van der Waals surface area contributed by atoms with Gasteiger partial charge in [-0.25, -0.2) is 14.8 Å². The zero-order chi connectivity index (χ0) is 15.2.